The van der Waals surface area contributed by atoms with Gasteiger partial charge in [-0.2, -0.15) is 0 Å². The molecule has 2 aliphatic heterocycles. The van der Waals surface area contributed by atoms with Crippen molar-refractivity contribution in [3.05, 3.63) is 35.5 Å². The maximum Gasteiger partial charge on any atom is 0.277 e. The van der Waals surface area contributed by atoms with Gasteiger partial charge in [0, 0.05) is 20.1 Å². The standard InChI is InChI=1S/C18H22N2O3/c1-3-23-14-9-7-13(8-10-14)15-16(18(22)19(2)17(15)21)20-11-5-4-6-12-20/h7-10H,3-6,11-12H2,1-2H3. The lowest BCUT2D eigenvalue weighted by atomic mass is 10.0. The third kappa shape index (κ3) is 2.83. The lowest BCUT2D eigenvalue weighted by molar-refractivity contribution is -0.136. The minimum Gasteiger partial charge on any atom is -0.494 e. The van der Waals surface area contributed by atoms with Gasteiger partial charge in [0.25, 0.3) is 11.8 Å². The first-order valence-corrected chi connectivity index (χ1v) is 8.18. The van der Waals surface area contributed by atoms with E-state index < -0.39 is 0 Å². The second kappa shape index (κ2) is 6.44. The first-order valence-electron chi connectivity index (χ1n) is 8.18. The predicted molar refractivity (Wildman–Crippen MR) is 87.7 cm³/mol. The van der Waals surface area contributed by atoms with Crippen LogP contribution in [0, 0.1) is 0 Å². The van der Waals surface area contributed by atoms with E-state index in [0.717, 1.165) is 37.2 Å². The van der Waals surface area contributed by atoms with E-state index in [1.165, 1.54) is 11.3 Å². The zero-order valence-electron chi connectivity index (χ0n) is 13.7. The Morgan fingerprint density at radius 2 is 1.65 bits per heavy atom. The van der Waals surface area contributed by atoms with Crippen LogP contribution in [0.5, 0.6) is 5.75 Å². The minimum atomic E-state index is -0.222. The number of imide groups is 1. The molecule has 0 aromatic heterocycles. The topological polar surface area (TPSA) is 49.9 Å². The molecule has 1 aromatic rings. The summed E-state index contributed by atoms with van der Waals surface area (Å²) < 4.78 is 5.45. The number of likely N-dealkylation sites (tertiary alicyclic amines) is 1. The lowest BCUT2D eigenvalue weighted by Crippen LogP contribution is -2.35. The summed E-state index contributed by atoms with van der Waals surface area (Å²) in [6.45, 7) is 4.20. The monoisotopic (exact) mass is 314 g/mol. The Bertz CT molecular complexity index is 643. The summed E-state index contributed by atoms with van der Waals surface area (Å²) in [6.07, 6.45) is 3.30. The largest absolute Gasteiger partial charge is 0.494 e. The van der Waals surface area contributed by atoms with Gasteiger partial charge in [-0.3, -0.25) is 14.5 Å². The first kappa shape index (κ1) is 15.6. The van der Waals surface area contributed by atoms with E-state index in [4.69, 9.17) is 4.74 Å². The van der Waals surface area contributed by atoms with Crippen LogP contribution in [0.2, 0.25) is 0 Å². The second-order valence-electron chi connectivity index (χ2n) is 5.90. The van der Waals surface area contributed by atoms with E-state index >= 15 is 0 Å². The molecule has 0 bridgehead atoms. The number of likely N-dealkylation sites (N-methyl/N-ethyl adjacent to an activating group) is 1. The average Bonchev–Trinajstić information content (AvgIpc) is 2.81. The van der Waals surface area contributed by atoms with Gasteiger partial charge in [0.2, 0.25) is 0 Å². The maximum atomic E-state index is 12.6. The Balaban J connectivity index is 2.01. The smallest absolute Gasteiger partial charge is 0.277 e. The van der Waals surface area contributed by atoms with Crippen LogP contribution in [0.25, 0.3) is 5.57 Å². The molecule has 23 heavy (non-hydrogen) atoms. The average molecular weight is 314 g/mol. The van der Waals surface area contributed by atoms with Crippen molar-refractivity contribution >= 4 is 17.4 Å². The number of hydrogen-bond donors (Lipinski definition) is 0. The van der Waals surface area contributed by atoms with Crippen LogP contribution in [0.3, 0.4) is 0 Å². The van der Waals surface area contributed by atoms with Gasteiger partial charge in [-0.15, -0.1) is 0 Å². The summed E-state index contributed by atoms with van der Waals surface area (Å²) in [6, 6.07) is 7.40. The van der Waals surface area contributed by atoms with Crippen molar-refractivity contribution in [1.29, 1.82) is 0 Å². The van der Waals surface area contributed by atoms with Crippen LogP contribution >= 0.6 is 0 Å². The minimum absolute atomic E-state index is 0.194. The molecule has 5 nitrogen and oxygen atoms in total. The summed E-state index contributed by atoms with van der Waals surface area (Å²) in [4.78, 5) is 28.4. The van der Waals surface area contributed by atoms with Gasteiger partial charge in [0.05, 0.1) is 12.2 Å². The highest BCUT2D eigenvalue weighted by molar-refractivity contribution is 6.35. The van der Waals surface area contributed by atoms with Gasteiger partial charge in [-0.1, -0.05) is 12.1 Å². The van der Waals surface area contributed by atoms with Crippen molar-refractivity contribution in [1.82, 2.24) is 9.80 Å². The van der Waals surface area contributed by atoms with Crippen LogP contribution in [0.1, 0.15) is 31.7 Å². The number of carbonyl (C=O) groups excluding carboxylic acids is 2. The molecule has 1 saturated heterocycles. The van der Waals surface area contributed by atoms with E-state index in [9.17, 15) is 9.59 Å². The fourth-order valence-corrected chi connectivity index (χ4v) is 3.18. The molecular formula is C18H22N2O3. The third-order valence-corrected chi connectivity index (χ3v) is 4.39. The summed E-state index contributed by atoms with van der Waals surface area (Å²) in [7, 11) is 1.55. The van der Waals surface area contributed by atoms with Crippen LogP contribution < -0.4 is 4.74 Å². The van der Waals surface area contributed by atoms with Crippen molar-refractivity contribution in [3.8, 4) is 5.75 Å². The lowest BCUT2D eigenvalue weighted by Gasteiger charge is -2.29. The number of amides is 2. The first-order chi connectivity index (χ1) is 11.1. The molecule has 2 aliphatic rings. The van der Waals surface area contributed by atoms with Crippen molar-refractivity contribution < 1.29 is 14.3 Å². The second-order valence-corrected chi connectivity index (χ2v) is 5.90. The zero-order chi connectivity index (χ0) is 16.4. The van der Waals surface area contributed by atoms with Crippen molar-refractivity contribution in [2.75, 3.05) is 26.7 Å². The highest BCUT2D eigenvalue weighted by Crippen LogP contribution is 2.32. The molecule has 1 fully saturated rings. The molecule has 0 aliphatic carbocycles. The Hall–Kier alpha value is -2.30. The van der Waals surface area contributed by atoms with Crippen LogP contribution in [-0.4, -0.2) is 48.4 Å². The molecule has 1 aromatic carbocycles. The van der Waals surface area contributed by atoms with Crippen molar-refractivity contribution in [2.24, 2.45) is 0 Å². The Morgan fingerprint density at radius 3 is 2.26 bits per heavy atom. The number of carbonyl (C=O) groups is 2. The fourth-order valence-electron chi connectivity index (χ4n) is 3.18. The highest BCUT2D eigenvalue weighted by atomic mass is 16.5. The molecule has 3 rings (SSSR count). The molecule has 2 amide bonds. The molecule has 0 spiro atoms. The van der Waals surface area contributed by atoms with E-state index in [1.54, 1.807) is 7.05 Å². The molecule has 0 N–H and O–H groups in total. The summed E-state index contributed by atoms with van der Waals surface area (Å²) in [5.41, 5.74) is 1.85. The summed E-state index contributed by atoms with van der Waals surface area (Å²) in [5, 5.41) is 0. The van der Waals surface area contributed by atoms with Gasteiger partial charge in [-0.25, -0.2) is 0 Å². The summed E-state index contributed by atoms with van der Waals surface area (Å²) >= 11 is 0. The molecule has 0 unspecified atom stereocenters. The van der Waals surface area contributed by atoms with E-state index in [0.29, 0.717) is 17.9 Å². The maximum absolute atomic E-state index is 12.6. The number of ether oxygens (including phenoxy) is 1. The highest BCUT2D eigenvalue weighted by Gasteiger charge is 2.39. The molecule has 2 heterocycles. The van der Waals surface area contributed by atoms with Gasteiger partial charge >= 0.3 is 0 Å². The molecule has 5 heteroatoms. The number of hydrogen-bond acceptors (Lipinski definition) is 4. The third-order valence-electron chi connectivity index (χ3n) is 4.39. The van der Waals surface area contributed by atoms with Crippen LogP contribution in [0.4, 0.5) is 0 Å². The van der Waals surface area contributed by atoms with Crippen LogP contribution in [0.15, 0.2) is 30.0 Å². The number of benzene rings is 1. The molecule has 0 radical (unpaired) electrons. The number of nitrogens with zero attached hydrogens (tertiary/aromatic N) is 2. The predicted octanol–water partition coefficient (Wildman–Crippen LogP) is 2.28. The normalized spacial score (nSPS) is 18.9. The Morgan fingerprint density at radius 1 is 1.00 bits per heavy atom. The SMILES string of the molecule is CCOc1ccc(C2=C(N3CCCCC3)C(=O)N(C)C2=O)cc1. The molecule has 0 atom stereocenters. The van der Waals surface area contributed by atoms with E-state index in [1.807, 2.05) is 31.2 Å². The Labute approximate surface area is 136 Å². The summed E-state index contributed by atoms with van der Waals surface area (Å²) in [5.74, 6) is 0.349. The quantitative estimate of drug-likeness (QED) is 0.800. The van der Waals surface area contributed by atoms with Gasteiger partial charge in [-0.05, 0) is 43.9 Å². The fraction of sp³-hybridized carbons (Fsp3) is 0.444. The molecule has 0 saturated carbocycles. The zero-order valence-corrected chi connectivity index (χ0v) is 13.7. The number of piperidine rings is 1. The molecule has 122 valence electrons. The van der Waals surface area contributed by atoms with Crippen molar-refractivity contribution in [2.45, 2.75) is 26.2 Å². The van der Waals surface area contributed by atoms with Crippen LogP contribution in [-0.2, 0) is 9.59 Å². The van der Waals surface area contributed by atoms with Gasteiger partial charge in [0.15, 0.2) is 0 Å². The van der Waals surface area contributed by atoms with E-state index in [2.05, 4.69) is 4.90 Å². The van der Waals surface area contributed by atoms with Gasteiger partial charge in [0.1, 0.15) is 11.4 Å². The number of rotatable bonds is 4. The molecular weight excluding hydrogens is 292 g/mol. The van der Waals surface area contributed by atoms with E-state index in [-0.39, 0.29) is 11.8 Å². The van der Waals surface area contributed by atoms with Gasteiger partial charge < -0.3 is 9.64 Å². The Kier molecular flexibility index (Phi) is 4.37. The van der Waals surface area contributed by atoms with Crippen molar-refractivity contribution in [3.63, 3.8) is 0 Å².